The number of esters is 1. The number of sulfonamides is 1. The van der Waals surface area contributed by atoms with Gasteiger partial charge in [0.15, 0.2) is 0 Å². The van der Waals surface area contributed by atoms with Crippen LogP contribution in [0.25, 0.3) is 0 Å². The second-order valence-electron chi connectivity index (χ2n) is 8.41. The van der Waals surface area contributed by atoms with Crippen LogP contribution in [0.15, 0.2) is 36.4 Å². The van der Waals surface area contributed by atoms with Crippen molar-refractivity contribution in [1.82, 2.24) is 9.71 Å². The van der Waals surface area contributed by atoms with Gasteiger partial charge in [-0.25, -0.2) is 18.2 Å². The molecule has 0 spiro atoms. The number of aryl methyl sites for hydroxylation is 1. The molecule has 33 heavy (non-hydrogen) atoms. The Bertz CT molecular complexity index is 1180. The van der Waals surface area contributed by atoms with E-state index in [-0.39, 0.29) is 42.5 Å². The Hall–Kier alpha value is -3.45. The third-order valence-corrected chi connectivity index (χ3v) is 6.31. The van der Waals surface area contributed by atoms with Crippen LogP contribution in [0.5, 0.6) is 0 Å². The van der Waals surface area contributed by atoms with Gasteiger partial charge >= 0.3 is 5.97 Å². The van der Waals surface area contributed by atoms with Crippen LogP contribution < -0.4 is 9.62 Å². The maximum Gasteiger partial charge on any atom is 0.340 e. The van der Waals surface area contributed by atoms with Gasteiger partial charge in [0.05, 0.1) is 35.1 Å². The summed E-state index contributed by atoms with van der Waals surface area (Å²) in [7, 11) is -3.82. The summed E-state index contributed by atoms with van der Waals surface area (Å²) in [5.41, 5.74) is 1.40. The van der Waals surface area contributed by atoms with Gasteiger partial charge in [0.1, 0.15) is 11.9 Å². The predicted octanol–water partition coefficient (Wildman–Crippen LogP) is 2.16. The first-order valence-corrected chi connectivity index (χ1v) is 12.2. The summed E-state index contributed by atoms with van der Waals surface area (Å²) in [6, 6.07) is 12.1. The van der Waals surface area contributed by atoms with Gasteiger partial charge in [0, 0.05) is 13.1 Å². The standard InChI is InChI=1S/C23H26N4O5S/c1-15(2)13-32-23(29)20-9-18(10-24)21(25-16(20)3)27-11-19(12-27)22(28)26-33(30,31)14-17-7-5-4-6-8-17/h4-9,15,19H,11-14H2,1-3H3,(H,26,28). The highest BCUT2D eigenvalue weighted by atomic mass is 32.2. The smallest absolute Gasteiger partial charge is 0.340 e. The Labute approximate surface area is 193 Å². The number of anilines is 1. The van der Waals surface area contributed by atoms with E-state index in [1.807, 2.05) is 19.9 Å². The number of rotatable bonds is 8. The van der Waals surface area contributed by atoms with E-state index >= 15 is 0 Å². The Morgan fingerprint density at radius 3 is 2.55 bits per heavy atom. The Kier molecular flexibility index (Phi) is 7.33. The van der Waals surface area contributed by atoms with Gasteiger partial charge < -0.3 is 9.64 Å². The van der Waals surface area contributed by atoms with E-state index < -0.39 is 27.8 Å². The minimum atomic E-state index is -3.82. The minimum Gasteiger partial charge on any atom is -0.462 e. The van der Waals surface area contributed by atoms with Crippen molar-refractivity contribution in [3.05, 3.63) is 58.8 Å². The highest BCUT2D eigenvalue weighted by Crippen LogP contribution is 2.28. The van der Waals surface area contributed by atoms with Gasteiger partial charge in [-0.3, -0.25) is 9.52 Å². The van der Waals surface area contributed by atoms with Gasteiger partial charge in [0.2, 0.25) is 15.9 Å². The molecule has 2 heterocycles. The average Bonchev–Trinajstić information content (AvgIpc) is 2.71. The summed E-state index contributed by atoms with van der Waals surface area (Å²) in [5, 5.41) is 9.54. The number of hydrogen-bond donors (Lipinski definition) is 1. The van der Waals surface area contributed by atoms with Crippen molar-refractivity contribution in [3.63, 3.8) is 0 Å². The average molecular weight is 471 g/mol. The van der Waals surface area contributed by atoms with Crippen molar-refractivity contribution in [2.75, 3.05) is 24.6 Å². The molecule has 1 fully saturated rings. The maximum atomic E-state index is 12.4. The van der Waals surface area contributed by atoms with E-state index in [4.69, 9.17) is 4.74 Å². The molecule has 1 saturated heterocycles. The zero-order valence-corrected chi connectivity index (χ0v) is 19.6. The van der Waals surface area contributed by atoms with Crippen LogP contribution >= 0.6 is 0 Å². The van der Waals surface area contributed by atoms with Gasteiger partial charge in [-0.05, 0) is 24.5 Å². The molecule has 3 rings (SSSR count). The maximum absolute atomic E-state index is 12.4. The largest absolute Gasteiger partial charge is 0.462 e. The summed E-state index contributed by atoms with van der Waals surface area (Å²) in [4.78, 5) is 30.9. The number of amides is 1. The zero-order valence-electron chi connectivity index (χ0n) is 18.7. The first-order valence-electron chi connectivity index (χ1n) is 10.5. The number of carbonyl (C=O) groups excluding carboxylic acids is 2. The van der Waals surface area contributed by atoms with Crippen molar-refractivity contribution in [3.8, 4) is 6.07 Å². The number of ether oxygens (including phenoxy) is 1. The van der Waals surface area contributed by atoms with Crippen molar-refractivity contribution >= 4 is 27.7 Å². The highest BCUT2D eigenvalue weighted by molar-refractivity contribution is 7.89. The van der Waals surface area contributed by atoms with Crippen molar-refractivity contribution in [2.24, 2.45) is 11.8 Å². The third-order valence-electron chi connectivity index (χ3n) is 5.09. The molecular weight excluding hydrogens is 444 g/mol. The lowest BCUT2D eigenvalue weighted by Gasteiger charge is -2.39. The van der Waals surface area contributed by atoms with Crippen LogP contribution in [0.3, 0.4) is 0 Å². The molecule has 0 radical (unpaired) electrons. The molecule has 2 aromatic rings. The van der Waals surface area contributed by atoms with E-state index in [0.717, 1.165) is 0 Å². The molecule has 1 aliphatic heterocycles. The molecule has 10 heteroatoms. The van der Waals surface area contributed by atoms with E-state index in [9.17, 15) is 23.3 Å². The Morgan fingerprint density at radius 1 is 1.27 bits per heavy atom. The molecule has 0 saturated carbocycles. The number of carbonyl (C=O) groups is 2. The summed E-state index contributed by atoms with van der Waals surface area (Å²) in [5.74, 6) is -1.44. The number of pyridine rings is 1. The first kappa shape index (κ1) is 24.2. The van der Waals surface area contributed by atoms with Gasteiger partial charge in [-0.1, -0.05) is 44.2 Å². The first-order chi connectivity index (χ1) is 15.6. The lowest BCUT2D eigenvalue weighted by molar-refractivity contribution is -0.123. The number of nitrogens with zero attached hydrogens (tertiary/aromatic N) is 3. The fourth-order valence-corrected chi connectivity index (χ4v) is 4.50. The molecule has 0 atom stereocenters. The normalized spacial score (nSPS) is 13.8. The summed E-state index contributed by atoms with van der Waals surface area (Å²) in [6.45, 7) is 6.18. The van der Waals surface area contributed by atoms with Gasteiger partial charge in [0.25, 0.3) is 0 Å². The quantitative estimate of drug-likeness (QED) is 0.581. The van der Waals surface area contributed by atoms with E-state index in [1.165, 1.54) is 6.07 Å². The molecule has 1 aromatic heterocycles. The second-order valence-corrected chi connectivity index (χ2v) is 10.1. The van der Waals surface area contributed by atoms with Crippen LogP contribution in [-0.2, 0) is 25.3 Å². The van der Waals surface area contributed by atoms with Crippen LogP contribution in [0, 0.1) is 30.1 Å². The predicted molar refractivity (Wildman–Crippen MR) is 122 cm³/mol. The van der Waals surface area contributed by atoms with Crippen molar-refractivity contribution in [1.29, 1.82) is 5.26 Å². The zero-order chi connectivity index (χ0) is 24.2. The van der Waals surface area contributed by atoms with Gasteiger partial charge in [-0.2, -0.15) is 5.26 Å². The lowest BCUT2D eigenvalue weighted by atomic mass is 9.98. The Balaban J connectivity index is 1.64. The summed E-state index contributed by atoms with van der Waals surface area (Å²) < 4.78 is 32.0. The van der Waals surface area contributed by atoms with Crippen LogP contribution in [0.2, 0.25) is 0 Å². The molecule has 174 valence electrons. The van der Waals surface area contributed by atoms with E-state index in [0.29, 0.717) is 17.1 Å². The highest BCUT2D eigenvalue weighted by Gasteiger charge is 2.36. The summed E-state index contributed by atoms with van der Waals surface area (Å²) in [6.07, 6.45) is 0. The van der Waals surface area contributed by atoms with Crippen molar-refractivity contribution < 1.29 is 22.7 Å². The number of hydrogen-bond acceptors (Lipinski definition) is 8. The molecule has 0 unspecified atom stereocenters. The van der Waals surface area contributed by atoms with Crippen LogP contribution in [-0.4, -0.2) is 45.0 Å². The molecule has 1 amide bonds. The number of aromatic nitrogens is 1. The second kappa shape index (κ2) is 10.0. The third kappa shape index (κ3) is 6.08. The molecule has 0 aliphatic carbocycles. The topological polar surface area (TPSA) is 129 Å². The molecule has 0 bridgehead atoms. The molecular formula is C23H26N4O5S. The van der Waals surface area contributed by atoms with Crippen LogP contribution in [0.1, 0.15) is 41.0 Å². The minimum absolute atomic E-state index is 0.178. The number of benzene rings is 1. The summed E-state index contributed by atoms with van der Waals surface area (Å²) >= 11 is 0. The molecule has 1 aliphatic rings. The molecule has 9 nitrogen and oxygen atoms in total. The SMILES string of the molecule is Cc1nc(N2CC(C(=O)NS(=O)(=O)Cc3ccccc3)C2)c(C#N)cc1C(=O)OCC(C)C. The molecule has 1 N–H and O–H groups in total. The fraction of sp³-hybridized carbons (Fsp3) is 0.391. The Morgan fingerprint density at radius 2 is 1.94 bits per heavy atom. The van der Waals surface area contributed by atoms with Crippen molar-refractivity contribution in [2.45, 2.75) is 26.5 Å². The van der Waals surface area contributed by atoms with Crippen LogP contribution in [0.4, 0.5) is 5.82 Å². The number of nitrogens with one attached hydrogen (secondary N) is 1. The lowest BCUT2D eigenvalue weighted by Crippen LogP contribution is -2.55. The fourth-order valence-electron chi connectivity index (χ4n) is 3.33. The van der Waals surface area contributed by atoms with E-state index in [1.54, 1.807) is 42.2 Å². The molecule has 1 aromatic carbocycles. The monoisotopic (exact) mass is 470 g/mol. The van der Waals surface area contributed by atoms with E-state index in [2.05, 4.69) is 9.71 Å². The van der Waals surface area contributed by atoms with Gasteiger partial charge in [-0.15, -0.1) is 0 Å². The number of nitriles is 1.